The van der Waals surface area contributed by atoms with Crippen LogP contribution in [-0.4, -0.2) is 6.61 Å². The summed E-state index contributed by atoms with van der Waals surface area (Å²) in [6.07, 6.45) is 1.19. The van der Waals surface area contributed by atoms with E-state index >= 15 is 0 Å². The van der Waals surface area contributed by atoms with Crippen molar-refractivity contribution in [1.29, 1.82) is 0 Å². The fourth-order valence-corrected chi connectivity index (χ4v) is 1.18. The molecule has 0 saturated carbocycles. The molecular weight excluding hydrogens is 172 g/mol. The molecule has 1 unspecified atom stereocenters. The van der Waals surface area contributed by atoms with Crippen molar-refractivity contribution < 1.29 is 4.74 Å². The van der Waals surface area contributed by atoms with Crippen LogP contribution < -0.4 is 0 Å². The fourth-order valence-electron chi connectivity index (χ4n) is 1.18. The van der Waals surface area contributed by atoms with Crippen LogP contribution in [0, 0.1) is 12.8 Å². The van der Waals surface area contributed by atoms with E-state index in [1.165, 1.54) is 17.5 Å². The van der Waals surface area contributed by atoms with E-state index in [4.69, 9.17) is 4.74 Å². The van der Waals surface area contributed by atoms with Gasteiger partial charge in [0.25, 0.3) is 0 Å². The van der Waals surface area contributed by atoms with Crippen LogP contribution in [-0.2, 0) is 11.3 Å². The third-order valence-electron chi connectivity index (χ3n) is 2.49. The molecule has 0 bridgehead atoms. The lowest BCUT2D eigenvalue weighted by Gasteiger charge is -2.09. The summed E-state index contributed by atoms with van der Waals surface area (Å²) in [4.78, 5) is 0. The summed E-state index contributed by atoms with van der Waals surface area (Å²) in [5.74, 6) is 0.667. The monoisotopic (exact) mass is 192 g/mol. The third-order valence-corrected chi connectivity index (χ3v) is 2.49. The van der Waals surface area contributed by atoms with Crippen molar-refractivity contribution in [3.8, 4) is 0 Å². The molecule has 0 saturated heterocycles. The van der Waals surface area contributed by atoms with Crippen molar-refractivity contribution in [3.63, 3.8) is 0 Å². The van der Waals surface area contributed by atoms with Crippen LogP contribution in [0.3, 0.4) is 0 Å². The van der Waals surface area contributed by atoms with Gasteiger partial charge in [-0.05, 0) is 18.4 Å². The van der Waals surface area contributed by atoms with Crippen molar-refractivity contribution in [3.05, 3.63) is 35.4 Å². The van der Waals surface area contributed by atoms with Crippen molar-refractivity contribution in [1.82, 2.24) is 0 Å². The predicted molar refractivity (Wildman–Crippen MR) is 60.3 cm³/mol. The van der Waals surface area contributed by atoms with Crippen LogP contribution in [0.2, 0.25) is 0 Å². The van der Waals surface area contributed by atoms with Crippen LogP contribution in [0.1, 0.15) is 31.4 Å². The molecule has 14 heavy (non-hydrogen) atoms. The minimum Gasteiger partial charge on any atom is -0.376 e. The first-order chi connectivity index (χ1) is 6.72. The van der Waals surface area contributed by atoms with Crippen LogP contribution in [0.4, 0.5) is 0 Å². The van der Waals surface area contributed by atoms with Gasteiger partial charge in [0, 0.05) is 6.61 Å². The van der Waals surface area contributed by atoms with Gasteiger partial charge in [0.15, 0.2) is 0 Å². The minimum atomic E-state index is 0.667. The Morgan fingerprint density at radius 2 is 1.86 bits per heavy atom. The maximum Gasteiger partial charge on any atom is 0.0717 e. The van der Waals surface area contributed by atoms with Crippen LogP contribution in [0.5, 0.6) is 0 Å². The summed E-state index contributed by atoms with van der Waals surface area (Å²) >= 11 is 0. The second kappa shape index (κ2) is 5.82. The number of ether oxygens (including phenoxy) is 1. The largest absolute Gasteiger partial charge is 0.376 e. The fraction of sp³-hybridized carbons (Fsp3) is 0.538. The van der Waals surface area contributed by atoms with Gasteiger partial charge in [-0.15, -0.1) is 0 Å². The van der Waals surface area contributed by atoms with Crippen molar-refractivity contribution in [2.45, 2.75) is 33.8 Å². The summed E-state index contributed by atoms with van der Waals surface area (Å²) in [6.45, 7) is 8.12. The average molecular weight is 192 g/mol. The highest BCUT2D eigenvalue weighted by Crippen LogP contribution is 2.07. The average Bonchev–Trinajstić information content (AvgIpc) is 2.21. The second-order valence-electron chi connectivity index (χ2n) is 4.01. The molecule has 0 aromatic heterocycles. The Hall–Kier alpha value is -0.820. The Balaban J connectivity index is 2.28. The van der Waals surface area contributed by atoms with Crippen LogP contribution >= 0.6 is 0 Å². The lowest BCUT2D eigenvalue weighted by atomic mass is 10.1. The van der Waals surface area contributed by atoms with Gasteiger partial charge < -0.3 is 4.74 Å². The molecular formula is C13H20O. The van der Waals surface area contributed by atoms with Gasteiger partial charge in [0.05, 0.1) is 6.61 Å². The number of benzene rings is 1. The molecule has 0 aliphatic heterocycles. The minimum absolute atomic E-state index is 0.667. The third kappa shape index (κ3) is 3.93. The van der Waals surface area contributed by atoms with E-state index in [1.54, 1.807) is 0 Å². The molecule has 1 aromatic rings. The zero-order valence-corrected chi connectivity index (χ0v) is 9.42. The first kappa shape index (κ1) is 11.3. The Morgan fingerprint density at radius 3 is 2.43 bits per heavy atom. The molecule has 0 aliphatic rings. The van der Waals surface area contributed by atoms with Gasteiger partial charge in [0.1, 0.15) is 0 Å². The van der Waals surface area contributed by atoms with Gasteiger partial charge in [0.2, 0.25) is 0 Å². The van der Waals surface area contributed by atoms with Crippen molar-refractivity contribution in [2.24, 2.45) is 5.92 Å². The quantitative estimate of drug-likeness (QED) is 0.693. The SMILES string of the molecule is CCC(C)COCc1ccc(C)cc1. The molecule has 1 heteroatoms. The zero-order chi connectivity index (χ0) is 10.4. The highest BCUT2D eigenvalue weighted by molar-refractivity contribution is 5.20. The smallest absolute Gasteiger partial charge is 0.0717 e. The first-order valence-corrected chi connectivity index (χ1v) is 5.35. The maximum absolute atomic E-state index is 5.61. The maximum atomic E-state index is 5.61. The molecule has 0 aliphatic carbocycles. The van der Waals surface area contributed by atoms with E-state index in [0.717, 1.165) is 13.2 Å². The van der Waals surface area contributed by atoms with Crippen LogP contribution in [0.25, 0.3) is 0 Å². The Labute approximate surface area is 87.1 Å². The lowest BCUT2D eigenvalue weighted by Crippen LogP contribution is -2.04. The molecule has 0 amide bonds. The number of hydrogen-bond acceptors (Lipinski definition) is 1. The van der Waals surface area contributed by atoms with Gasteiger partial charge in [-0.25, -0.2) is 0 Å². The van der Waals surface area contributed by atoms with E-state index in [9.17, 15) is 0 Å². The Bertz CT molecular complexity index is 250. The molecule has 1 aromatic carbocycles. The highest BCUT2D eigenvalue weighted by Gasteiger charge is 1.98. The van der Waals surface area contributed by atoms with Gasteiger partial charge in [-0.1, -0.05) is 50.1 Å². The Morgan fingerprint density at radius 1 is 1.21 bits per heavy atom. The first-order valence-electron chi connectivity index (χ1n) is 5.35. The second-order valence-corrected chi connectivity index (χ2v) is 4.01. The molecule has 1 nitrogen and oxygen atoms in total. The Kier molecular flexibility index (Phi) is 4.68. The van der Waals surface area contributed by atoms with E-state index in [0.29, 0.717) is 5.92 Å². The summed E-state index contributed by atoms with van der Waals surface area (Å²) in [6, 6.07) is 8.52. The molecule has 1 atom stereocenters. The molecule has 0 fully saturated rings. The van der Waals surface area contributed by atoms with Crippen molar-refractivity contribution >= 4 is 0 Å². The molecule has 78 valence electrons. The number of rotatable bonds is 5. The molecule has 0 spiro atoms. The summed E-state index contributed by atoms with van der Waals surface area (Å²) in [5, 5.41) is 0. The van der Waals surface area contributed by atoms with Gasteiger partial charge in [-0.2, -0.15) is 0 Å². The van der Waals surface area contributed by atoms with E-state index in [1.807, 2.05) is 0 Å². The number of aryl methyl sites for hydroxylation is 1. The predicted octanol–water partition coefficient (Wildman–Crippen LogP) is 3.56. The van der Waals surface area contributed by atoms with Crippen molar-refractivity contribution in [2.75, 3.05) is 6.61 Å². The standard InChI is InChI=1S/C13H20O/c1-4-11(2)9-14-10-13-7-5-12(3)6-8-13/h5-8,11H,4,9-10H2,1-3H3. The van der Waals surface area contributed by atoms with E-state index in [2.05, 4.69) is 45.0 Å². The van der Waals surface area contributed by atoms with E-state index < -0.39 is 0 Å². The number of hydrogen-bond donors (Lipinski definition) is 0. The topological polar surface area (TPSA) is 9.23 Å². The summed E-state index contributed by atoms with van der Waals surface area (Å²) < 4.78 is 5.61. The normalized spacial score (nSPS) is 12.8. The summed E-state index contributed by atoms with van der Waals surface area (Å²) in [7, 11) is 0. The zero-order valence-electron chi connectivity index (χ0n) is 9.42. The molecule has 0 radical (unpaired) electrons. The van der Waals surface area contributed by atoms with Gasteiger partial charge in [-0.3, -0.25) is 0 Å². The van der Waals surface area contributed by atoms with E-state index in [-0.39, 0.29) is 0 Å². The molecule has 1 rings (SSSR count). The summed E-state index contributed by atoms with van der Waals surface area (Å²) in [5.41, 5.74) is 2.56. The highest BCUT2D eigenvalue weighted by atomic mass is 16.5. The molecule has 0 N–H and O–H groups in total. The lowest BCUT2D eigenvalue weighted by molar-refractivity contribution is 0.0910. The van der Waals surface area contributed by atoms with Gasteiger partial charge >= 0.3 is 0 Å². The molecule has 0 heterocycles. The van der Waals surface area contributed by atoms with Crippen LogP contribution in [0.15, 0.2) is 24.3 Å².